The van der Waals surface area contributed by atoms with Gasteiger partial charge in [0, 0.05) is 18.6 Å². The van der Waals surface area contributed by atoms with Gasteiger partial charge in [0.1, 0.15) is 0 Å². The van der Waals surface area contributed by atoms with E-state index in [1.165, 1.54) is 0 Å². The Bertz CT molecular complexity index is 432. The van der Waals surface area contributed by atoms with Gasteiger partial charge in [-0.2, -0.15) is 5.26 Å². The van der Waals surface area contributed by atoms with E-state index in [4.69, 9.17) is 5.26 Å². The molecule has 0 unspecified atom stereocenters. The van der Waals surface area contributed by atoms with Crippen LogP contribution in [0.15, 0.2) is 53.1 Å². The summed E-state index contributed by atoms with van der Waals surface area (Å²) in [5.41, 5.74) is 1.63. The normalized spacial score (nSPS) is 18.7. The molecule has 0 bridgehead atoms. The van der Waals surface area contributed by atoms with E-state index in [0.717, 1.165) is 5.70 Å². The molecule has 2 aliphatic rings. The van der Waals surface area contributed by atoms with Crippen molar-refractivity contribution in [2.75, 3.05) is 6.54 Å². The predicted molar refractivity (Wildman–Crippen MR) is 58.4 cm³/mol. The van der Waals surface area contributed by atoms with Crippen molar-refractivity contribution in [2.45, 2.75) is 0 Å². The van der Waals surface area contributed by atoms with Gasteiger partial charge in [0.05, 0.1) is 30.2 Å². The van der Waals surface area contributed by atoms with Gasteiger partial charge in [-0.25, -0.2) is 4.99 Å². The Kier molecular flexibility index (Phi) is 2.65. The molecular formula is C11H10N4. The molecule has 0 aromatic rings. The Morgan fingerprint density at radius 3 is 3.27 bits per heavy atom. The molecule has 0 aliphatic carbocycles. The average Bonchev–Trinajstić information content (AvgIpc) is 2.58. The lowest BCUT2D eigenvalue weighted by atomic mass is 10.2. The molecule has 4 nitrogen and oxygen atoms in total. The van der Waals surface area contributed by atoms with Crippen molar-refractivity contribution in [1.29, 1.82) is 5.26 Å². The molecule has 0 saturated carbocycles. The molecule has 4 heteroatoms. The van der Waals surface area contributed by atoms with E-state index in [-0.39, 0.29) is 0 Å². The molecule has 0 radical (unpaired) electrons. The molecule has 0 fully saturated rings. The summed E-state index contributed by atoms with van der Waals surface area (Å²) in [6.45, 7) is 0.567. The lowest BCUT2D eigenvalue weighted by molar-refractivity contribution is 0.583. The smallest absolute Gasteiger partial charge is 0.0982 e. The van der Waals surface area contributed by atoms with Crippen molar-refractivity contribution >= 4 is 6.34 Å². The van der Waals surface area contributed by atoms with Crippen LogP contribution in [0.1, 0.15) is 0 Å². The maximum atomic E-state index is 8.78. The van der Waals surface area contributed by atoms with Crippen molar-refractivity contribution in [1.82, 2.24) is 10.2 Å². The third-order valence-corrected chi connectivity index (χ3v) is 2.05. The lowest BCUT2D eigenvalue weighted by Gasteiger charge is -2.21. The minimum Gasteiger partial charge on any atom is -0.366 e. The monoisotopic (exact) mass is 198 g/mol. The molecule has 0 spiro atoms. The van der Waals surface area contributed by atoms with Crippen LogP contribution in [0, 0.1) is 11.3 Å². The molecule has 2 aliphatic heterocycles. The minimum atomic E-state index is 0.567. The molecule has 15 heavy (non-hydrogen) atoms. The lowest BCUT2D eigenvalue weighted by Crippen LogP contribution is -2.25. The highest BCUT2D eigenvalue weighted by atomic mass is 15.2. The second kappa shape index (κ2) is 4.29. The van der Waals surface area contributed by atoms with Crippen molar-refractivity contribution in [3.05, 3.63) is 48.1 Å². The molecule has 0 saturated heterocycles. The summed E-state index contributed by atoms with van der Waals surface area (Å²) < 4.78 is 0. The van der Waals surface area contributed by atoms with Gasteiger partial charge in [0.2, 0.25) is 0 Å². The third kappa shape index (κ3) is 2.15. The number of nitriles is 1. The Morgan fingerprint density at radius 1 is 1.47 bits per heavy atom. The van der Waals surface area contributed by atoms with Crippen LogP contribution in [-0.2, 0) is 0 Å². The molecule has 1 N–H and O–H groups in total. The fourth-order valence-electron chi connectivity index (χ4n) is 1.32. The van der Waals surface area contributed by atoms with Crippen molar-refractivity contribution < 1.29 is 0 Å². The zero-order valence-corrected chi connectivity index (χ0v) is 8.09. The molecule has 0 aromatic carbocycles. The number of hydrogen-bond donors (Lipinski definition) is 1. The van der Waals surface area contributed by atoms with Gasteiger partial charge >= 0.3 is 0 Å². The van der Waals surface area contributed by atoms with Gasteiger partial charge in [-0.3, -0.25) is 0 Å². The second-order valence-corrected chi connectivity index (χ2v) is 3.11. The third-order valence-electron chi connectivity index (χ3n) is 2.05. The maximum Gasteiger partial charge on any atom is 0.0982 e. The van der Waals surface area contributed by atoms with Crippen molar-refractivity contribution in [3.63, 3.8) is 0 Å². The zero-order chi connectivity index (χ0) is 10.5. The second-order valence-electron chi connectivity index (χ2n) is 3.11. The van der Waals surface area contributed by atoms with Crippen LogP contribution < -0.4 is 5.32 Å². The van der Waals surface area contributed by atoms with Gasteiger partial charge in [0.15, 0.2) is 0 Å². The number of nitrogens with zero attached hydrogens (tertiary/aromatic N) is 3. The van der Waals surface area contributed by atoms with E-state index >= 15 is 0 Å². The number of hydrogen-bond acceptors (Lipinski definition) is 4. The van der Waals surface area contributed by atoms with Crippen LogP contribution in [0.2, 0.25) is 0 Å². The molecule has 0 atom stereocenters. The first-order valence-corrected chi connectivity index (χ1v) is 4.58. The summed E-state index contributed by atoms with van der Waals surface area (Å²) >= 11 is 0. The maximum absolute atomic E-state index is 8.78. The Morgan fingerprint density at radius 2 is 2.40 bits per heavy atom. The van der Waals surface area contributed by atoms with Gasteiger partial charge in [-0.05, 0) is 12.2 Å². The van der Waals surface area contributed by atoms with E-state index in [2.05, 4.69) is 16.4 Å². The molecular weight excluding hydrogens is 188 g/mol. The Labute approximate surface area is 88.2 Å². The average molecular weight is 198 g/mol. The first-order chi connectivity index (χ1) is 7.40. The number of nitrogens with one attached hydrogen (secondary N) is 1. The van der Waals surface area contributed by atoms with Crippen LogP contribution in [-0.4, -0.2) is 17.8 Å². The molecule has 2 rings (SSSR count). The molecule has 0 aromatic heterocycles. The summed E-state index contributed by atoms with van der Waals surface area (Å²) in [7, 11) is 0. The Hall–Kier alpha value is -2.28. The highest BCUT2D eigenvalue weighted by Crippen LogP contribution is 2.11. The first-order valence-electron chi connectivity index (χ1n) is 4.58. The van der Waals surface area contributed by atoms with E-state index in [9.17, 15) is 0 Å². The number of rotatable bonds is 1. The summed E-state index contributed by atoms with van der Waals surface area (Å²) in [4.78, 5) is 5.92. The topological polar surface area (TPSA) is 51.4 Å². The molecule has 0 amide bonds. The summed E-state index contributed by atoms with van der Waals surface area (Å²) in [6, 6.07) is 2.11. The predicted octanol–water partition coefficient (Wildman–Crippen LogP) is 1.25. The van der Waals surface area contributed by atoms with Gasteiger partial charge in [-0.1, -0.05) is 6.08 Å². The van der Waals surface area contributed by atoms with Crippen LogP contribution in [0.4, 0.5) is 0 Å². The fourth-order valence-corrected chi connectivity index (χ4v) is 1.32. The van der Waals surface area contributed by atoms with E-state index < -0.39 is 0 Å². The van der Waals surface area contributed by atoms with E-state index in [1.54, 1.807) is 12.5 Å². The summed E-state index contributed by atoms with van der Waals surface area (Å²) in [5.74, 6) is 0. The van der Waals surface area contributed by atoms with Gasteiger partial charge in [0.25, 0.3) is 0 Å². The van der Waals surface area contributed by atoms with Crippen LogP contribution >= 0.6 is 0 Å². The fraction of sp³-hybridized carbons (Fsp3) is 0.0909. The minimum absolute atomic E-state index is 0.567. The standard InChI is InChI=1S/C11H10N4/c12-5-10-6-14-9-15(8-10)11-3-1-2-4-13-7-11/h1-4,6-7,9,13H,8H2. The van der Waals surface area contributed by atoms with Gasteiger partial charge in [-0.15, -0.1) is 0 Å². The number of allylic oxidation sites excluding steroid dienone is 3. The largest absolute Gasteiger partial charge is 0.366 e. The Balaban J connectivity index is 2.14. The van der Waals surface area contributed by atoms with Crippen molar-refractivity contribution in [3.8, 4) is 6.07 Å². The summed E-state index contributed by atoms with van der Waals surface area (Å²) in [6.07, 6.45) is 12.8. The van der Waals surface area contributed by atoms with Crippen LogP contribution in [0.25, 0.3) is 0 Å². The van der Waals surface area contributed by atoms with Crippen LogP contribution in [0.5, 0.6) is 0 Å². The highest BCUT2D eigenvalue weighted by molar-refractivity contribution is 5.63. The van der Waals surface area contributed by atoms with Crippen molar-refractivity contribution in [2.24, 2.45) is 4.99 Å². The van der Waals surface area contributed by atoms with E-state index in [0.29, 0.717) is 12.1 Å². The first kappa shape index (κ1) is 9.28. The quantitative estimate of drug-likeness (QED) is 0.690. The van der Waals surface area contributed by atoms with Gasteiger partial charge < -0.3 is 10.2 Å². The highest BCUT2D eigenvalue weighted by Gasteiger charge is 2.10. The summed E-state index contributed by atoms with van der Waals surface area (Å²) in [5, 5.41) is 11.8. The van der Waals surface area contributed by atoms with E-state index in [1.807, 2.05) is 35.5 Å². The molecule has 74 valence electrons. The number of aliphatic imine (C=N–C) groups is 1. The van der Waals surface area contributed by atoms with Crippen LogP contribution in [0.3, 0.4) is 0 Å². The SMILES string of the molecule is N#CC1=CN=CN(C2=CNC=CC=C2)C1. The molecule has 2 heterocycles. The zero-order valence-electron chi connectivity index (χ0n) is 8.09.